The van der Waals surface area contributed by atoms with Crippen molar-refractivity contribution in [3.05, 3.63) is 33.8 Å². The minimum absolute atomic E-state index is 0.0485. The van der Waals surface area contributed by atoms with E-state index in [-0.39, 0.29) is 17.8 Å². The van der Waals surface area contributed by atoms with E-state index in [0.717, 1.165) is 0 Å². The molecule has 1 fully saturated rings. The average Bonchev–Trinajstić information content (AvgIpc) is 2.48. The number of ether oxygens (including phenoxy) is 1. The van der Waals surface area contributed by atoms with Gasteiger partial charge in [-0.15, -0.1) is 0 Å². The molecule has 1 heterocycles. The molecule has 0 spiro atoms. The van der Waals surface area contributed by atoms with E-state index in [1.165, 1.54) is 0 Å². The molecule has 0 bridgehead atoms. The standard InChI is InChI=1S/C17H21Cl2NO3/c1-17(2,3)23-16(22)20-8-6-11(7-9-20)15(21)12-4-5-13(18)14(19)10-12/h4-5,10-11H,6-9H2,1-3H3. The summed E-state index contributed by atoms with van der Waals surface area (Å²) >= 11 is 11.8. The molecule has 0 unspecified atom stereocenters. The molecule has 0 atom stereocenters. The Morgan fingerprint density at radius 3 is 2.26 bits per heavy atom. The highest BCUT2D eigenvalue weighted by atomic mass is 35.5. The summed E-state index contributed by atoms with van der Waals surface area (Å²) in [6.45, 7) is 6.56. The second-order valence-corrected chi connectivity index (χ2v) is 7.55. The highest BCUT2D eigenvalue weighted by Gasteiger charge is 2.30. The largest absolute Gasteiger partial charge is 0.444 e. The van der Waals surface area contributed by atoms with Crippen LogP contribution in [0.25, 0.3) is 0 Å². The van der Waals surface area contributed by atoms with Gasteiger partial charge in [-0.1, -0.05) is 23.2 Å². The minimum atomic E-state index is -0.510. The fourth-order valence-corrected chi connectivity index (χ4v) is 2.83. The first-order valence-corrected chi connectivity index (χ1v) is 8.40. The van der Waals surface area contributed by atoms with Crippen LogP contribution in [0.2, 0.25) is 10.0 Å². The van der Waals surface area contributed by atoms with Crippen molar-refractivity contribution < 1.29 is 14.3 Å². The molecule has 0 aromatic heterocycles. The van der Waals surface area contributed by atoms with Crippen molar-refractivity contribution in [1.82, 2.24) is 4.90 Å². The van der Waals surface area contributed by atoms with Gasteiger partial charge in [0.25, 0.3) is 0 Å². The third-order valence-corrected chi connectivity index (χ3v) is 4.46. The van der Waals surface area contributed by atoms with Crippen molar-refractivity contribution in [3.63, 3.8) is 0 Å². The molecule has 1 aromatic carbocycles. The van der Waals surface area contributed by atoms with Crippen LogP contribution in [0.1, 0.15) is 44.0 Å². The number of benzene rings is 1. The molecule has 0 saturated carbocycles. The summed E-state index contributed by atoms with van der Waals surface area (Å²) in [6.07, 6.45) is 0.925. The number of carbonyl (C=O) groups excluding carboxylic acids is 2. The zero-order valence-corrected chi connectivity index (χ0v) is 15.1. The predicted octanol–water partition coefficient (Wildman–Crippen LogP) is 4.82. The molecule has 1 amide bonds. The number of nitrogens with zero attached hydrogens (tertiary/aromatic N) is 1. The first-order valence-electron chi connectivity index (χ1n) is 7.64. The maximum absolute atomic E-state index is 12.5. The van der Waals surface area contributed by atoms with Crippen LogP contribution < -0.4 is 0 Å². The van der Waals surface area contributed by atoms with Gasteiger partial charge in [0.05, 0.1) is 10.0 Å². The van der Waals surface area contributed by atoms with Crippen molar-refractivity contribution in [2.45, 2.75) is 39.2 Å². The van der Waals surface area contributed by atoms with E-state index in [4.69, 9.17) is 27.9 Å². The summed E-state index contributed by atoms with van der Waals surface area (Å²) in [7, 11) is 0. The van der Waals surface area contributed by atoms with Gasteiger partial charge in [-0.3, -0.25) is 4.79 Å². The Hall–Kier alpha value is -1.26. The Morgan fingerprint density at radius 2 is 1.74 bits per heavy atom. The molecule has 0 aliphatic carbocycles. The lowest BCUT2D eigenvalue weighted by atomic mass is 9.89. The summed E-state index contributed by atoms with van der Waals surface area (Å²) in [5.41, 5.74) is 0.0548. The number of amides is 1. The minimum Gasteiger partial charge on any atom is -0.444 e. The van der Waals surface area contributed by atoms with Crippen LogP contribution in [0.3, 0.4) is 0 Å². The van der Waals surface area contributed by atoms with Gasteiger partial charge in [0.15, 0.2) is 5.78 Å². The number of ketones is 1. The lowest BCUT2D eigenvalue weighted by molar-refractivity contribution is 0.0182. The fourth-order valence-electron chi connectivity index (χ4n) is 2.54. The molecule has 23 heavy (non-hydrogen) atoms. The maximum Gasteiger partial charge on any atom is 0.410 e. The lowest BCUT2D eigenvalue weighted by Crippen LogP contribution is -2.43. The average molecular weight is 358 g/mol. The summed E-state index contributed by atoms with van der Waals surface area (Å²) in [6, 6.07) is 4.93. The van der Waals surface area contributed by atoms with E-state index in [0.29, 0.717) is 41.5 Å². The van der Waals surface area contributed by atoms with E-state index in [1.54, 1.807) is 23.1 Å². The lowest BCUT2D eigenvalue weighted by Gasteiger charge is -2.33. The second-order valence-electron chi connectivity index (χ2n) is 6.73. The van der Waals surface area contributed by atoms with Crippen molar-refractivity contribution >= 4 is 35.1 Å². The van der Waals surface area contributed by atoms with Crippen molar-refractivity contribution in [1.29, 1.82) is 0 Å². The van der Waals surface area contributed by atoms with Crippen LogP contribution >= 0.6 is 23.2 Å². The molecule has 1 saturated heterocycles. The van der Waals surface area contributed by atoms with Crippen molar-refractivity contribution in [3.8, 4) is 0 Å². The molecule has 1 aromatic rings. The van der Waals surface area contributed by atoms with Gasteiger partial charge in [0.1, 0.15) is 5.60 Å². The van der Waals surface area contributed by atoms with Gasteiger partial charge in [0.2, 0.25) is 0 Å². The SMILES string of the molecule is CC(C)(C)OC(=O)N1CCC(C(=O)c2ccc(Cl)c(Cl)c2)CC1. The number of piperidine rings is 1. The summed E-state index contributed by atoms with van der Waals surface area (Å²) < 4.78 is 5.36. The Bertz CT molecular complexity index is 602. The third kappa shape index (κ3) is 4.85. The first-order chi connectivity index (χ1) is 10.7. The van der Waals surface area contributed by atoms with Gasteiger partial charge < -0.3 is 9.64 Å². The van der Waals surface area contributed by atoms with Crippen LogP contribution in [0.5, 0.6) is 0 Å². The van der Waals surface area contributed by atoms with Crippen LogP contribution in [0.4, 0.5) is 4.79 Å². The van der Waals surface area contributed by atoms with E-state index in [1.807, 2.05) is 20.8 Å². The number of Topliss-reactive ketones (excluding diaryl/α,β-unsaturated/α-hetero) is 1. The van der Waals surface area contributed by atoms with Gasteiger partial charge in [0, 0.05) is 24.6 Å². The monoisotopic (exact) mass is 357 g/mol. The van der Waals surface area contributed by atoms with Crippen molar-refractivity contribution in [2.75, 3.05) is 13.1 Å². The maximum atomic E-state index is 12.5. The zero-order chi connectivity index (χ0) is 17.2. The highest BCUT2D eigenvalue weighted by molar-refractivity contribution is 6.42. The van der Waals surface area contributed by atoms with Crippen LogP contribution in [0, 0.1) is 5.92 Å². The Kier molecular flexibility index (Phi) is 5.58. The number of halogens is 2. The first kappa shape index (κ1) is 18.1. The smallest absolute Gasteiger partial charge is 0.410 e. The van der Waals surface area contributed by atoms with Crippen molar-refractivity contribution in [2.24, 2.45) is 5.92 Å². The van der Waals surface area contributed by atoms with Gasteiger partial charge in [-0.25, -0.2) is 4.79 Å². The van der Waals surface area contributed by atoms with Gasteiger partial charge in [-0.2, -0.15) is 0 Å². The topological polar surface area (TPSA) is 46.6 Å². The number of hydrogen-bond donors (Lipinski definition) is 0. The quantitative estimate of drug-likeness (QED) is 0.712. The second kappa shape index (κ2) is 7.10. The number of rotatable bonds is 2. The van der Waals surface area contributed by atoms with E-state index >= 15 is 0 Å². The number of hydrogen-bond acceptors (Lipinski definition) is 3. The van der Waals surface area contributed by atoms with E-state index in [2.05, 4.69) is 0 Å². The normalized spacial score (nSPS) is 16.3. The van der Waals surface area contributed by atoms with Crippen LogP contribution in [0.15, 0.2) is 18.2 Å². The van der Waals surface area contributed by atoms with E-state index in [9.17, 15) is 9.59 Å². The molecule has 0 radical (unpaired) electrons. The molecule has 2 rings (SSSR count). The van der Waals surface area contributed by atoms with E-state index < -0.39 is 5.60 Å². The summed E-state index contributed by atoms with van der Waals surface area (Å²) in [5.74, 6) is -0.0571. The zero-order valence-electron chi connectivity index (χ0n) is 13.6. The highest BCUT2D eigenvalue weighted by Crippen LogP contribution is 2.27. The van der Waals surface area contributed by atoms with Crippen LogP contribution in [-0.2, 0) is 4.74 Å². The summed E-state index contributed by atoms with van der Waals surface area (Å²) in [4.78, 5) is 26.2. The molecule has 1 aliphatic rings. The summed E-state index contributed by atoms with van der Waals surface area (Å²) in [5, 5.41) is 0.812. The predicted molar refractivity (Wildman–Crippen MR) is 91.3 cm³/mol. The Balaban J connectivity index is 1.94. The Morgan fingerprint density at radius 1 is 1.13 bits per heavy atom. The Labute approximate surface area is 146 Å². The van der Waals surface area contributed by atoms with Crippen LogP contribution in [-0.4, -0.2) is 35.5 Å². The molecule has 0 N–H and O–H groups in total. The fraction of sp³-hybridized carbons (Fsp3) is 0.529. The third-order valence-electron chi connectivity index (χ3n) is 3.72. The molecule has 4 nitrogen and oxygen atoms in total. The number of likely N-dealkylation sites (tertiary alicyclic amines) is 1. The van der Waals surface area contributed by atoms with Gasteiger partial charge >= 0.3 is 6.09 Å². The van der Waals surface area contributed by atoms with Gasteiger partial charge in [-0.05, 0) is 51.8 Å². The molecular weight excluding hydrogens is 337 g/mol. The molecule has 6 heteroatoms. The molecule has 126 valence electrons. The molecular formula is C17H21Cl2NO3. The molecule has 1 aliphatic heterocycles. The number of carbonyl (C=O) groups is 2.